The Morgan fingerprint density at radius 3 is 1.56 bits per heavy atom. The fourth-order valence-electron chi connectivity index (χ4n) is 9.39. The van der Waals surface area contributed by atoms with Gasteiger partial charge in [0.2, 0.25) is 0 Å². The molecular weight excluding hydrogens is 765 g/mol. The highest BCUT2D eigenvalue weighted by atomic mass is 16.3. The summed E-state index contributed by atoms with van der Waals surface area (Å²) >= 11 is 0. The number of fused-ring (bicyclic) bond motifs is 6. The molecule has 0 spiro atoms. The summed E-state index contributed by atoms with van der Waals surface area (Å²) in [5.41, 5.74) is 17.8. The lowest BCUT2D eigenvalue weighted by Gasteiger charge is -2.26. The molecule has 296 valence electrons. The van der Waals surface area contributed by atoms with Crippen LogP contribution in [0.4, 0.5) is 17.1 Å². The third kappa shape index (κ3) is 6.46. The first-order chi connectivity index (χ1) is 31.2. The highest BCUT2D eigenvalue weighted by Crippen LogP contribution is 2.45. The van der Waals surface area contributed by atoms with Gasteiger partial charge < -0.3 is 13.9 Å². The van der Waals surface area contributed by atoms with E-state index in [1.165, 1.54) is 49.7 Å². The van der Waals surface area contributed by atoms with E-state index in [1.54, 1.807) is 0 Å². The van der Waals surface area contributed by atoms with Crippen LogP contribution in [0.5, 0.6) is 0 Å². The first kappa shape index (κ1) is 36.5. The number of anilines is 3. The van der Waals surface area contributed by atoms with Gasteiger partial charge in [-0.1, -0.05) is 158 Å². The van der Waals surface area contributed by atoms with Gasteiger partial charge in [-0.2, -0.15) is 0 Å². The van der Waals surface area contributed by atoms with Crippen molar-refractivity contribution in [3.63, 3.8) is 0 Å². The van der Waals surface area contributed by atoms with Crippen molar-refractivity contribution in [1.29, 1.82) is 0 Å². The van der Waals surface area contributed by atoms with E-state index in [-0.39, 0.29) is 0 Å². The van der Waals surface area contributed by atoms with Crippen LogP contribution in [0.15, 0.2) is 247 Å². The van der Waals surface area contributed by atoms with Crippen LogP contribution in [-0.4, -0.2) is 4.57 Å². The van der Waals surface area contributed by atoms with E-state index in [9.17, 15) is 0 Å². The van der Waals surface area contributed by atoms with E-state index in [1.807, 2.05) is 12.1 Å². The molecule has 2 heterocycles. The summed E-state index contributed by atoms with van der Waals surface area (Å²) in [5.74, 6) is 0. The Balaban J connectivity index is 1.12. The van der Waals surface area contributed by atoms with E-state index in [0.717, 1.165) is 61.3 Å². The van der Waals surface area contributed by atoms with Crippen LogP contribution >= 0.6 is 0 Å². The van der Waals surface area contributed by atoms with Crippen molar-refractivity contribution in [2.45, 2.75) is 0 Å². The van der Waals surface area contributed by atoms with E-state index in [4.69, 9.17) is 4.42 Å². The molecule has 63 heavy (non-hydrogen) atoms. The predicted molar refractivity (Wildman–Crippen MR) is 264 cm³/mol. The molecule has 0 aliphatic heterocycles. The van der Waals surface area contributed by atoms with Crippen molar-refractivity contribution < 1.29 is 4.42 Å². The SMILES string of the molecule is c1ccc(-c2cccc(-c3cccc(N(c4ccc5oc6ccccc6c5c4)c4ccc5c(c4)c4cc(-c6ccccc6)cc(-c6ccccc6)c4n5-c4ccccc4)c3)c2)cc1. The highest BCUT2D eigenvalue weighted by Gasteiger charge is 2.22. The summed E-state index contributed by atoms with van der Waals surface area (Å²) in [6.45, 7) is 0. The normalized spacial score (nSPS) is 11.5. The van der Waals surface area contributed by atoms with Gasteiger partial charge in [-0.25, -0.2) is 0 Å². The minimum absolute atomic E-state index is 0.870. The first-order valence-electron chi connectivity index (χ1n) is 21.5. The Morgan fingerprint density at radius 2 is 0.825 bits per heavy atom. The maximum Gasteiger partial charge on any atom is 0.135 e. The molecule has 0 atom stereocenters. The second-order valence-electron chi connectivity index (χ2n) is 16.1. The van der Waals surface area contributed by atoms with Crippen molar-refractivity contribution >= 4 is 60.8 Å². The average molecular weight is 805 g/mol. The molecule has 0 aliphatic carbocycles. The molecule has 0 unspecified atom stereocenters. The van der Waals surface area contributed by atoms with Crippen LogP contribution < -0.4 is 4.90 Å². The van der Waals surface area contributed by atoms with Gasteiger partial charge in [-0.3, -0.25) is 0 Å². The lowest BCUT2D eigenvalue weighted by Crippen LogP contribution is -2.10. The lowest BCUT2D eigenvalue weighted by molar-refractivity contribution is 0.669. The topological polar surface area (TPSA) is 21.3 Å². The number of para-hydroxylation sites is 2. The zero-order valence-electron chi connectivity index (χ0n) is 34.4. The summed E-state index contributed by atoms with van der Waals surface area (Å²) in [6, 6.07) is 87.3. The molecule has 0 fully saturated rings. The van der Waals surface area contributed by atoms with Gasteiger partial charge in [-0.05, 0) is 124 Å². The summed E-state index contributed by atoms with van der Waals surface area (Å²) in [7, 11) is 0. The van der Waals surface area contributed by atoms with Gasteiger partial charge >= 0.3 is 0 Å². The van der Waals surface area contributed by atoms with Gasteiger partial charge in [0.15, 0.2) is 0 Å². The van der Waals surface area contributed by atoms with Crippen LogP contribution in [0, 0.1) is 0 Å². The second-order valence-corrected chi connectivity index (χ2v) is 16.1. The number of aromatic nitrogens is 1. The Labute approximate surface area is 366 Å². The summed E-state index contributed by atoms with van der Waals surface area (Å²) in [6.07, 6.45) is 0. The summed E-state index contributed by atoms with van der Waals surface area (Å²) < 4.78 is 8.79. The zero-order valence-corrected chi connectivity index (χ0v) is 34.4. The van der Waals surface area contributed by atoms with E-state index < -0.39 is 0 Å². The minimum atomic E-state index is 0.870. The van der Waals surface area contributed by atoms with Crippen molar-refractivity contribution in [1.82, 2.24) is 4.57 Å². The molecule has 12 aromatic rings. The lowest BCUT2D eigenvalue weighted by atomic mass is 9.95. The maximum atomic E-state index is 6.35. The summed E-state index contributed by atoms with van der Waals surface area (Å²) in [5, 5.41) is 4.55. The Bertz CT molecular complexity index is 3610. The molecule has 0 saturated carbocycles. The van der Waals surface area contributed by atoms with Crippen LogP contribution in [0.2, 0.25) is 0 Å². The number of furan rings is 1. The van der Waals surface area contributed by atoms with Crippen molar-refractivity contribution in [3.8, 4) is 50.2 Å². The molecule has 12 rings (SSSR count). The number of hydrogen-bond acceptors (Lipinski definition) is 2. The smallest absolute Gasteiger partial charge is 0.135 e. The van der Waals surface area contributed by atoms with Crippen molar-refractivity contribution in [2.75, 3.05) is 4.90 Å². The molecular formula is C60H40N2O. The average Bonchev–Trinajstić information content (AvgIpc) is 3.90. The number of benzene rings is 10. The van der Waals surface area contributed by atoms with Crippen LogP contribution in [0.3, 0.4) is 0 Å². The second kappa shape index (κ2) is 15.3. The predicted octanol–water partition coefficient (Wildman–Crippen LogP) is 16.8. The quantitative estimate of drug-likeness (QED) is 0.153. The largest absolute Gasteiger partial charge is 0.456 e. The number of hydrogen-bond donors (Lipinski definition) is 0. The molecule has 2 aromatic heterocycles. The number of rotatable bonds is 8. The molecule has 10 aromatic carbocycles. The zero-order chi connectivity index (χ0) is 41.7. The third-order valence-corrected chi connectivity index (χ3v) is 12.3. The Kier molecular flexibility index (Phi) is 8.83. The fourth-order valence-corrected chi connectivity index (χ4v) is 9.39. The molecule has 3 heteroatoms. The van der Waals surface area contributed by atoms with Gasteiger partial charge in [0, 0.05) is 49.9 Å². The maximum absolute atomic E-state index is 6.35. The minimum Gasteiger partial charge on any atom is -0.456 e. The standard InChI is InChI=1S/C60H40N2O/c1-5-17-41(18-6-1)44-23-15-24-45(35-44)46-25-16-28-49(36-46)61(51-32-34-59-55(40-51)52-29-13-14-30-58(52)63-59)50-31-33-57-54(39-50)56-38-47(42-19-7-2-8-20-42)37-53(43-21-9-3-10-22-43)60(56)62(57)48-26-11-4-12-27-48/h1-40H. The number of nitrogens with zero attached hydrogens (tertiary/aromatic N) is 2. The van der Waals surface area contributed by atoms with Gasteiger partial charge in [0.05, 0.1) is 11.0 Å². The molecule has 0 amide bonds. The molecule has 3 nitrogen and oxygen atoms in total. The fraction of sp³-hybridized carbons (Fsp3) is 0. The monoisotopic (exact) mass is 804 g/mol. The molecule has 0 N–H and O–H groups in total. The van der Waals surface area contributed by atoms with Crippen molar-refractivity contribution in [3.05, 3.63) is 243 Å². The third-order valence-electron chi connectivity index (χ3n) is 12.3. The van der Waals surface area contributed by atoms with Crippen LogP contribution in [0.25, 0.3) is 93.9 Å². The Hall–Kier alpha value is -8.40. The van der Waals surface area contributed by atoms with Gasteiger partial charge in [0.1, 0.15) is 11.2 Å². The Morgan fingerprint density at radius 1 is 0.302 bits per heavy atom. The van der Waals surface area contributed by atoms with Crippen LogP contribution in [0.1, 0.15) is 0 Å². The first-order valence-corrected chi connectivity index (χ1v) is 21.5. The van der Waals surface area contributed by atoms with Crippen LogP contribution in [-0.2, 0) is 0 Å². The molecule has 0 radical (unpaired) electrons. The molecule has 0 saturated heterocycles. The molecule has 0 aliphatic rings. The van der Waals surface area contributed by atoms with E-state index >= 15 is 0 Å². The van der Waals surface area contributed by atoms with E-state index in [0.29, 0.717) is 0 Å². The highest BCUT2D eigenvalue weighted by molar-refractivity contribution is 6.16. The van der Waals surface area contributed by atoms with Gasteiger partial charge in [0.25, 0.3) is 0 Å². The summed E-state index contributed by atoms with van der Waals surface area (Å²) in [4.78, 5) is 2.40. The van der Waals surface area contributed by atoms with E-state index in [2.05, 4.69) is 240 Å². The molecule has 0 bridgehead atoms. The van der Waals surface area contributed by atoms with Gasteiger partial charge in [-0.15, -0.1) is 0 Å². The van der Waals surface area contributed by atoms with Crippen molar-refractivity contribution in [2.24, 2.45) is 0 Å².